The fourth-order valence-corrected chi connectivity index (χ4v) is 3.18. The number of benzene rings is 1. The van der Waals surface area contributed by atoms with Gasteiger partial charge in [0.15, 0.2) is 12.4 Å². The minimum Gasteiger partial charge on any atom is -0.454 e. The Morgan fingerprint density at radius 2 is 1.86 bits per heavy atom. The molecule has 0 saturated heterocycles. The van der Waals surface area contributed by atoms with Gasteiger partial charge in [0.05, 0.1) is 23.5 Å². The third-order valence-corrected chi connectivity index (χ3v) is 4.71. The maximum atomic E-state index is 12.7. The SMILES string of the molecule is Cc1cc(C(=O)OCc2nnnn2-c2ccccc2)c(C)n1Cc1ccccn1. The lowest BCUT2D eigenvalue weighted by molar-refractivity contribution is 0.0458. The first kappa shape index (κ1) is 18.5. The lowest BCUT2D eigenvalue weighted by Gasteiger charge is -2.09. The van der Waals surface area contributed by atoms with Gasteiger partial charge in [-0.15, -0.1) is 5.10 Å². The van der Waals surface area contributed by atoms with Crippen molar-refractivity contribution >= 4 is 5.97 Å². The van der Waals surface area contributed by atoms with Gasteiger partial charge in [0, 0.05) is 17.6 Å². The zero-order chi connectivity index (χ0) is 20.2. The van der Waals surface area contributed by atoms with E-state index in [-0.39, 0.29) is 6.61 Å². The first-order valence-corrected chi connectivity index (χ1v) is 9.20. The van der Waals surface area contributed by atoms with E-state index >= 15 is 0 Å². The second-order valence-electron chi connectivity index (χ2n) is 6.61. The van der Waals surface area contributed by atoms with Crippen molar-refractivity contribution in [2.45, 2.75) is 27.0 Å². The molecule has 0 unspecified atom stereocenters. The molecule has 0 atom stereocenters. The molecule has 0 aliphatic rings. The van der Waals surface area contributed by atoms with Gasteiger partial charge in [-0.2, -0.15) is 4.68 Å². The minimum absolute atomic E-state index is 0.0232. The summed E-state index contributed by atoms with van der Waals surface area (Å²) in [5.74, 6) is 0.0415. The average Bonchev–Trinajstić information content (AvgIpc) is 3.33. The fourth-order valence-electron chi connectivity index (χ4n) is 3.18. The van der Waals surface area contributed by atoms with Gasteiger partial charge in [0.25, 0.3) is 0 Å². The molecule has 0 aliphatic heterocycles. The van der Waals surface area contributed by atoms with Crippen molar-refractivity contribution in [3.05, 3.63) is 89.3 Å². The van der Waals surface area contributed by atoms with Gasteiger partial charge in [-0.1, -0.05) is 24.3 Å². The van der Waals surface area contributed by atoms with Crippen molar-refractivity contribution in [1.29, 1.82) is 0 Å². The number of pyridine rings is 1. The lowest BCUT2D eigenvalue weighted by atomic mass is 10.2. The number of nitrogens with zero attached hydrogens (tertiary/aromatic N) is 6. The van der Waals surface area contributed by atoms with Crippen molar-refractivity contribution < 1.29 is 9.53 Å². The molecular formula is C21H20N6O2. The second-order valence-corrected chi connectivity index (χ2v) is 6.61. The fraction of sp³-hybridized carbons (Fsp3) is 0.190. The predicted octanol–water partition coefficient (Wildman–Crippen LogP) is 2.88. The Morgan fingerprint density at radius 1 is 1.07 bits per heavy atom. The predicted molar refractivity (Wildman–Crippen MR) is 106 cm³/mol. The lowest BCUT2D eigenvalue weighted by Crippen LogP contribution is -2.11. The number of tetrazole rings is 1. The summed E-state index contributed by atoms with van der Waals surface area (Å²) in [6.45, 7) is 4.44. The van der Waals surface area contributed by atoms with E-state index in [0.29, 0.717) is 17.9 Å². The summed E-state index contributed by atoms with van der Waals surface area (Å²) >= 11 is 0. The van der Waals surface area contributed by atoms with Crippen LogP contribution in [0.3, 0.4) is 0 Å². The minimum atomic E-state index is -0.409. The normalized spacial score (nSPS) is 10.8. The number of aryl methyl sites for hydroxylation is 1. The van der Waals surface area contributed by atoms with E-state index in [1.165, 1.54) is 0 Å². The Labute approximate surface area is 167 Å². The Kier molecular flexibility index (Phi) is 5.15. The first-order chi connectivity index (χ1) is 14.1. The van der Waals surface area contributed by atoms with Crippen LogP contribution in [0.2, 0.25) is 0 Å². The summed E-state index contributed by atoms with van der Waals surface area (Å²) in [6, 6.07) is 17.1. The van der Waals surface area contributed by atoms with Crippen LogP contribution < -0.4 is 0 Å². The third kappa shape index (κ3) is 3.91. The van der Waals surface area contributed by atoms with Gasteiger partial charge in [-0.05, 0) is 54.6 Å². The van der Waals surface area contributed by atoms with Crippen molar-refractivity contribution in [3.63, 3.8) is 0 Å². The smallest absolute Gasteiger partial charge is 0.340 e. The molecule has 0 saturated carbocycles. The van der Waals surface area contributed by atoms with Crippen LogP contribution in [0.1, 0.15) is 33.3 Å². The quantitative estimate of drug-likeness (QED) is 0.472. The van der Waals surface area contributed by atoms with Crippen molar-refractivity contribution in [3.8, 4) is 5.69 Å². The third-order valence-electron chi connectivity index (χ3n) is 4.71. The Bertz CT molecular complexity index is 1120. The van der Waals surface area contributed by atoms with Crippen LogP contribution in [-0.4, -0.2) is 35.7 Å². The molecule has 3 aromatic heterocycles. The monoisotopic (exact) mass is 388 g/mol. The molecule has 8 heteroatoms. The van der Waals surface area contributed by atoms with Crippen molar-refractivity contribution in [1.82, 2.24) is 29.8 Å². The molecule has 1 aromatic carbocycles. The Balaban J connectivity index is 1.49. The van der Waals surface area contributed by atoms with Crippen LogP contribution in [0.5, 0.6) is 0 Å². The molecule has 0 bridgehead atoms. The molecule has 0 fully saturated rings. The van der Waals surface area contributed by atoms with E-state index in [4.69, 9.17) is 4.74 Å². The topological polar surface area (TPSA) is 87.7 Å². The highest BCUT2D eigenvalue weighted by Crippen LogP contribution is 2.18. The summed E-state index contributed by atoms with van der Waals surface area (Å²) in [5, 5.41) is 11.6. The molecular weight excluding hydrogens is 368 g/mol. The summed E-state index contributed by atoms with van der Waals surface area (Å²) < 4.78 is 9.10. The van der Waals surface area contributed by atoms with E-state index < -0.39 is 5.97 Å². The molecule has 0 N–H and O–H groups in total. The van der Waals surface area contributed by atoms with Crippen LogP contribution in [0.15, 0.2) is 60.8 Å². The summed E-state index contributed by atoms with van der Waals surface area (Å²) in [5.41, 5.74) is 4.06. The summed E-state index contributed by atoms with van der Waals surface area (Å²) in [7, 11) is 0. The van der Waals surface area contributed by atoms with Crippen LogP contribution in [-0.2, 0) is 17.9 Å². The van der Waals surface area contributed by atoms with Gasteiger partial charge in [0.2, 0.25) is 0 Å². The highest BCUT2D eigenvalue weighted by Gasteiger charge is 2.19. The van der Waals surface area contributed by atoms with Crippen LogP contribution in [0.25, 0.3) is 5.69 Å². The molecule has 0 aliphatic carbocycles. The maximum Gasteiger partial charge on any atom is 0.340 e. The number of carbonyl (C=O) groups is 1. The number of carbonyl (C=O) groups excluding carboxylic acids is 1. The van der Waals surface area contributed by atoms with Crippen LogP contribution in [0.4, 0.5) is 0 Å². The van der Waals surface area contributed by atoms with Gasteiger partial charge >= 0.3 is 5.97 Å². The standard InChI is InChI=1S/C21H20N6O2/c1-15-12-19(16(2)26(15)13-17-8-6-7-11-22-17)21(28)29-14-20-23-24-25-27(20)18-9-4-3-5-10-18/h3-12H,13-14H2,1-2H3. The number of rotatable bonds is 6. The number of para-hydroxylation sites is 1. The molecule has 0 amide bonds. The first-order valence-electron chi connectivity index (χ1n) is 9.20. The molecule has 0 radical (unpaired) electrons. The van der Waals surface area contributed by atoms with E-state index in [0.717, 1.165) is 22.8 Å². The van der Waals surface area contributed by atoms with Crippen LogP contribution >= 0.6 is 0 Å². The Morgan fingerprint density at radius 3 is 2.62 bits per heavy atom. The molecule has 0 spiro atoms. The number of ether oxygens (including phenoxy) is 1. The molecule has 4 aromatic rings. The van der Waals surface area contributed by atoms with Gasteiger partial charge in [-0.25, -0.2) is 4.79 Å². The Hall–Kier alpha value is -3.81. The van der Waals surface area contributed by atoms with Crippen LogP contribution in [0, 0.1) is 13.8 Å². The highest BCUT2D eigenvalue weighted by molar-refractivity contribution is 5.91. The molecule has 4 rings (SSSR count). The maximum absolute atomic E-state index is 12.7. The second kappa shape index (κ2) is 8.05. The molecule has 146 valence electrons. The number of esters is 1. The summed E-state index contributed by atoms with van der Waals surface area (Å²) in [4.78, 5) is 17.1. The summed E-state index contributed by atoms with van der Waals surface area (Å²) in [6.07, 6.45) is 1.76. The van der Waals surface area contributed by atoms with Gasteiger partial charge < -0.3 is 9.30 Å². The van der Waals surface area contributed by atoms with Gasteiger partial charge in [-0.3, -0.25) is 4.98 Å². The molecule has 29 heavy (non-hydrogen) atoms. The van der Waals surface area contributed by atoms with Crippen molar-refractivity contribution in [2.24, 2.45) is 0 Å². The van der Waals surface area contributed by atoms with Gasteiger partial charge in [0.1, 0.15) is 0 Å². The number of hydrogen-bond acceptors (Lipinski definition) is 6. The number of aromatic nitrogens is 6. The average molecular weight is 388 g/mol. The largest absolute Gasteiger partial charge is 0.454 e. The zero-order valence-corrected chi connectivity index (χ0v) is 16.2. The van der Waals surface area contributed by atoms with E-state index in [2.05, 4.69) is 20.5 Å². The van der Waals surface area contributed by atoms with E-state index in [9.17, 15) is 4.79 Å². The van der Waals surface area contributed by atoms with Crippen molar-refractivity contribution in [2.75, 3.05) is 0 Å². The highest BCUT2D eigenvalue weighted by atomic mass is 16.5. The molecule has 3 heterocycles. The van der Waals surface area contributed by atoms with E-state index in [1.807, 2.05) is 73.0 Å². The molecule has 8 nitrogen and oxygen atoms in total. The zero-order valence-electron chi connectivity index (χ0n) is 16.2. The number of hydrogen-bond donors (Lipinski definition) is 0. The van der Waals surface area contributed by atoms with E-state index in [1.54, 1.807) is 10.9 Å².